The predicted molar refractivity (Wildman–Crippen MR) is 65.0 cm³/mol. The second-order valence-electron chi connectivity index (χ2n) is 4.19. The van der Waals surface area contributed by atoms with E-state index >= 15 is 0 Å². The summed E-state index contributed by atoms with van der Waals surface area (Å²) in [6.07, 6.45) is 1.69. The third-order valence-corrected chi connectivity index (χ3v) is 2.69. The highest BCUT2D eigenvalue weighted by molar-refractivity contribution is 5.95. The van der Waals surface area contributed by atoms with Crippen molar-refractivity contribution in [2.75, 3.05) is 0 Å². The number of aryl methyl sites for hydroxylation is 3. The van der Waals surface area contributed by atoms with Crippen LogP contribution in [0.3, 0.4) is 0 Å². The largest absolute Gasteiger partial charge is 0.295 e. The van der Waals surface area contributed by atoms with E-state index in [9.17, 15) is 4.79 Å². The Bertz CT molecular complexity index is 425. The molecule has 1 nitrogen and oxygen atoms in total. The molecule has 0 N–H and O–H groups in total. The van der Waals surface area contributed by atoms with Crippen LogP contribution in [-0.4, -0.2) is 5.78 Å². The molecule has 15 heavy (non-hydrogen) atoms. The van der Waals surface area contributed by atoms with Gasteiger partial charge in [0, 0.05) is 0 Å². The molecule has 0 radical (unpaired) electrons. The maximum Gasteiger partial charge on any atom is 0.152 e. The summed E-state index contributed by atoms with van der Waals surface area (Å²) in [6.45, 7) is 9.85. The number of rotatable bonds is 2. The number of ketones is 1. The molecule has 0 fully saturated rings. The van der Waals surface area contributed by atoms with Gasteiger partial charge in [-0.1, -0.05) is 12.1 Å². The summed E-state index contributed by atoms with van der Waals surface area (Å²) < 4.78 is 0. The molecule has 0 saturated heterocycles. The quantitative estimate of drug-likeness (QED) is 0.670. The Kier molecular flexibility index (Phi) is 3.46. The lowest BCUT2D eigenvalue weighted by atomic mass is 9.96. The maximum atomic E-state index is 11.0. The van der Waals surface area contributed by atoms with Crippen LogP contribution in [0.4, 0.5) is 0 Å². The molecular weight excluding hydrogens is 184 g/mol. The van der Waals surface area contributed by atoms with Crippen LogP contribution >= 0.6 is 0 Å². The third-order valence-electron chi connectivity index (χ3n) is 2.69. The first-order valence-corrected chi connectivity index (χ1v) is 5.19. The molecule has 1 rings (SSSR count). The van der Waals surface area contributed by atoms with E-state index in [1.807, 2.05) is 6.92 Å². The minimum atomic E-state index is 0.102. The summed E-state index contributed by atoms with van der Waals surface area (Å²) in [5.74, 6) is 0.102. The number of benzene rings is 1. The molecule has 0 atom stereocenters. The zero-order valence-electron chi connectivity index (χ0n) is 10.1. The number of allylic oxidation sites excluding steroid dienone is 2. The normalized spacial score (nSPS) is 11.7. The summed E-state index contributed by atoms with van der Waals surface area (Å²) in [6, 6.07) is 4.32. The average molecular weight is 202 g/mol. The molecule has 0 heterocycles. The van der Waals surface area contributed by atoms with E-state index in [2.05, 4.69) is 32.9 Å². The minimum Gasteiger partial charge on any atom is -0.295 e. The SMILES string of the molecule is CC(=O)C=C(C)c1cc(C)c(C)cc1C. The highest BCUT2D eigenvalue weighted by Gasteiger charge is 2.04. The molecule has 0 amide bonds. The van der Waals surface area contributed by atoms with Crippen LogP contribution in [0.5, 0.6) is 0 Å². The van der Waals surface area contributed by atoms with Gasteiger partial charge in [-0.25, -0.2) is 0 Å². The number of carbonyl (C=O) groups excluding carboxylic acids is 1. The molecule has 1 heteroatoms. The van der Waals surface area contributed by atoms with Crippen molar-refractivity contribution in [3.8, 4) is 0 Å². The van der Waals surface area contributed by atoms with E-state index in [-0.39, 0.29) is 5.78 Å². The fourth-order valence-electron chi connectivity index (χ4n) is 1.77. The molecule has 80 valence electrons. The smallest absolute Gasteiger partial charge is 0.152 e. The van der Waals surface area contributed by atoms with E-state index in [1.54, 1.807) is 13.0 Å². The first-order chi connectivity index (χ1) is 6.91. The van der Waals surface area contributed by atoms with Crippen molar-refractivity contribution in [2.45, 2.75) is 34.6 Å². The number of carbonyl (C=O) groups is 1. The van der Waals surface area contributed by atoms with Gasteiger partial charge in [0.05, 0.1) is 0 Å². The van der Waals surface area contributed by atoms with Gasteiger partial charge in [0.1, 0.15) is 0 Å². The monoisotopic (exact) mass is 202 g/mol. The van der Waals surface area contributed by atoms with Crippen molar-refractivity contribution in [1.82, 2.24) is 0 Å². The van der Waals surface area contributed by atoms with Crippen molar-refractivity contribution < 1.29 is 4.79 Å². The van der Waals surface area contributed by atoms with E-state index in [0.717, 1.165) is 5.57 Å². The van der Waals surface area contributed by atoms with Crippen molar-refractivity contribution in [2.24, 2.45) is 0 Å². The molecule has 0 aliphatic rings. The van der Waals surface area contributed by atoms with Gasteiger partial charge in [0.15, 0.2) is 5.78 Å². The Labute approximate surface area is 91.8 Å². The summed E-state index contributed by atoms with van der Waals surface area (Å²) in [5.41, 5.74) is 6.02. The zero-order valence-corrected chi connectivity index (χ0v) is 10.1. The van der Waals surface area contributed by atoms with E-state index in [4.69, 9.17) is 0 Å². The van der Waals surface area contributed by atoms with Gasteiger partial charge in [-0.2, -0.15) is 0 Å². The number of hydrogen-bond donors (Lipinski definition) is 0. The zero-order chi connectivity index (χ0) is 11.6. The van der Waals surface area contributed by atoms with Crippen LogP contribution in [0.2, 0.25) is 0 Å². The van der Waals surface area contributed by atoms with Crippen LogP contribution in [0.15, 0.2) is 18.2 Å². The Balaban J connectivity index is 3.26. The first-order valence-electron chi connectivity index (χ1n) is 5.19. The summed E-state index contributed by atoms with van der Waals surface area (Å²) in [4.78, 5) is 11.0. The van der Waals surface area contributed by atoms with Gasteiger partial charge in [0.2, 0.25) is 0 Å². The van der Waals surface area contributed by atoms with Gasteiger partial charge < -0.3 is 0 Å². The summed E-state index contributed by atoms with van der Waals surface area (Å²) in [5, 5.41) is 0. The van der Waals surface area contributed by atoms with Gasteiger partial charge in [-0.3, -0.25) is 4.79 Å². The van der Waals surface area contributed by atoms with Gasteiger partial charge in [-0.05, 0) is 68.5 Å². The molecule has 1 aromatic rings. The molecular formula is C14H18O. The molecule has 0 unspecified atom stereocenters. The van der Waals surface area contributed by atoms with Gasteiger partial charge in [-0.15, -0.1) is 0 Å². The molecule has 0 aliphatic carbocycles. The van der Waals surface area contributed by atoms with Crippen LogP contribution < -0.4 is 0 Å². The summed E-state index contributed by atoms with van der Waals surface area (Å²) in [7, 11) is 0. The fourth-order valence-corrected chi connectivity index (χ4v) is 1.77. The Morgan fingerprint density at radius 3 is 2.07 bits per heavy atom. The van der Waals surface area contributed by atoms with Crippen molar-refractivity contribution in [1.29, 1.82) is 0 Å². The topological polar surface area (TPSA) is 17.1 Å². The lowest BCUT2D eigenvalue weighted by Crippen LogP contribution is -1.93. The predicted octanol–water partition coefficient (Wildman–Crippen LogP) is 3.60. The van der Waals surface area contributed by atoms with Crippen LogP contribution in [-0.2, 0) is 4.79 Å². The lowest BCUT2D eigenvalue weighted by molar-refractivity contribution is -0.112. The second-order valence-corrected chi connectivity index (χ2v) is 4.19. The minimum absolute atomic E-state index is 0.102. The van der Waals surface area contributed by atoms with Gasteiger partial charge >= 0.3 is 0 Å². The molecule has 0 aromatic heterocycles. The number of hydrogen-bond acceptors (Lipinski definition) is 1. The van der Waals surface area contributed by atoms with Gasteiger partial charge in [0.25, 0.3) is 0 Å². The molecule has 0 bridgehead atoms. The average Bonchev–Trinajstić information content (AvgIpc) is 2.09. The lowest BCUT2D eigenvalue weighted by Gasteiger charge is -2.09. The molecule has 0 saturated carbocycles. The van der Waals surface area contributed by atoms with Crippen molar-refractivity contribution >= 4 is 11.4 Å². The maximum absolute atomic E-state index is 11.0. The third kappa shape index (κ3) is 2.79. The van der Waals surface area contributed by atoms with Crippen molar-refractivity contribution in [3.63, 3.8) is 0 Å². The fraction of sp³-hybridized carbons (Fsp3) is 0.357. The highest BCUT2D eigenvalue weighted by Crippen LogP contribution is 2.22. The van der Waals surface area contributed by atoms with Crippen LogP contribution in [0, 0.1) is 20.8 Å². The summed E-state index contributed by atoms with van der Waals surface area (Å²) >= 11 is 0. The van der Waals surface area contributed by atoms with Crippen molar-refractivity contribution in [3.05, 3.63) is 40.5 Å². The highest BCUT2D eigenvalue weighted by atomic mass is 16.1. The standard InChI is InChI=1S/C14H18O/c1-9-6-11(3)14(8-10(9)2)12(4)7-13(5)15/h6-8H,1-5H3. The van der Waals surface area contributed by atoms with Crippen LogP contribution in [0.25, 0.3) is 5.57 Å². The Hall–Kier alpha value is -1.37. The molecule has 0 aliphatic heterocycles. The Morgan fingerprint density at radius 1 is 1.00 bits per heavy atom. The first kappa shape index (κ1) is 11.7. The van der Waals surface area contributed by atoms with Crippen LogP contribution in [0.1, 0.15) is 36.1 Å². The van der Waals surface area contributed by atoms with E-state index < -0.39 is 0 Å². The second kappa shape index (κ2) is 4.43. The Morgan fingerprint density at radius 2 is 1.53 bits per heavy atom. The van der Waals surface area contributed by atoms with E-state index in [0.29, 0.717) is 0 Å². The molecule has 1 aromatic carbocycles. The molecule has 0 spiro atoms. The van der Waals surface area contributed by atoms with E-state index in [1.165, 1.54) is 22.3 Å².